The molecule has 2 aliphatic rings. The Labute approximate surface area is 171 Å². The molecule has 150 valence electrons. The molecule has 0 saturated carbocycles. The van der Waals surface area contributed by atoms with E-state index in [-0.39, 0.29) is 11.3 Å². The highest BCUT2D eigenvalue weighted by atomic mass is 16.2. The van der Waals surface area contributed by atoms with E-state index >= 15 is 0 Å². The predicted octanol–water partition coefficient (Wildman–Crippen LogP) is 4.58. The van der Waals surface area contributed by atoms with Gasteiger partial charge in [-0.05, 0) is 44.4 Å². The fraction of sp³-hybridized carbons (Fsp3) is 0.458. The summed E-state index contributed by atoms with van der Waals surface area (Å²) in [5, 5.41) is 6.07. The van der Waals surface area contributed by atoms with Crippen LogP contribution in [0.1, 0.15) is 51.8 Å². The number of rotatable bonds is 4. The number of amides is 1. The van der Waals surface area contributed by atoms with Crippen molar-refractivity contribution >= 4 is 16.8 Å². The molecule has 29 heavy (non-hydrogen) atoms. The number of carbonyl (C=O) groups is 1. The lowest BCUT2D eigenvalue weighted by atomic mass is 9.74. The highest BCUT2D eigenvalue weighted by Gasteiger charge is 2.53. The van der Waals surface area contributed by atoms with E-state index in [4.69, 9.17) is 5.10 Å². The Hall–Kier alpha value is -2.69. The van der Waals surface area contributed by atoms with Crippen LogP contribution in [0.2, 0.25) is 0 Å². The molecular formula is C24H28N4O. The molecular weight excluding hydrogens is 360 g/mol. The molecule has 1 spiro atoms. The molecule has 1 amide bonds. The van der Waals surface area contributed by atoms with Crippen LogP contribution in [0, 0.1) is 5.92 Å². The van der Waals surface area contributed by atoms with Crippen LogP contribution in [0.3, 0.4) is 0 Å². The molecule has 2 aromatic heterocycles. The molecule has 1 aromatic carbocycles. The van der Waals surface area contributed by atoms with Crippen LogP contribution in [-0.4, -0.2) is 38.7 Å². The van der Waals surface area contributed by atoms with Gasteiger partial charge in [-0.2, -0.15) is 5.10 Å². The number of nitrogens with zero attached hydrogens (tertiary/aromatic N) is 4. The standard InChI is InChI=1S/C24H28N4O/c1-4-17(5-2)23(29)27-14-24(15-27)12-16(3)28-22(24)11-21(26-28)19-10-18-8-6-7-9-20(18)25-13-19/h6-11,13,16-17H,4-5,12,14-15H2,1-3H3. The predicted molar refractivity (Wildman–Crippen MR) is 115 cm³/mol. The van der Waals surface area contributed by atoms with Crippen molar-refractivity contribution in [2.75, 3.05) is 13.1 Å². The van der Waals surface area contributed by atoms with Crippen LogP contribution in [0.15, 0.2) is 42.6 Å². The fourth-order valence-corrected chi connectivity index (χ4v) is 5.26. The molecule has 5 nitrogen and oxygen atoms in total. The van der Waals surface area contributed by atoms with Gasteiger partial charge in [-0.15, -0.1) is 0 Å². The normalized spacial score (nSPS) is 19.7. The Kier molecular flexibility index (Phi) is 4.23. The van der Waals surface area contributed by atoms with Crippen molar-refractivity contribution in [3.05, 3.63) is 48.3 Å². The number of hydrogen-bond acceptors (Lipinski definition) is 3. The Morgan fingerprint density at radius 2 is 1.97 bits per heavy atom. The van der Waals surface area contributed by atoms with Crippen LogP contribution in [-0.2, 0) is 10.2 Å². The summed E-state index contributed by atoms with van der Waals surface area (Å²) in [6.07, 6.45) is 4.83. The topological polar surface area (TPSA) is 51.0 Å². The molecule has 0 bridgehead atoms. The Bertz CT molecular complexity index is 1080. The first-order valence-electron chi connectivity index (χ1n) is 10.8. The largest absolute Gasteiger partial charge is 0.340 e. The summed E-state index contributed by atoms with van der Waals surface area (Å²) < 4.78 is 2.18. The van der Waals surface area contributed by atoms with Crippen molar-refractivity contribution in [2.24, 2.45) is 5.92 Å². The minimum atomic E-state index is 0.0661. The summed E-state index contributed by atoms with van der Waals surface area (Å²) in [7, 11) is 0. The van der Waals surface area contributed by atoms with Gasteiger partial charge in [0.15, 0.2) is 0 Å². The summed E-state index contributed by atoms with van der Waals surface area (Å²) in [6.45, 7) is 8.11. The second-order valence-electron chi connectivity index (χ2n) is 8.82. The van der Waals surface area contributed by atoms with Crippen molar-refractivity contribution in [2.45, 2.75) is 51.5 Å². The minimum absolute atomic E-state index is 0.0661. The summed E-state index contributed by atoms with van der Waals surface area (Å²) >= 11 is 0. The number of fused-ring (bicyclic) bond motifs is 3. The molecule has 1 saturated heterocycles. The van der Waals surface area contributed by atoms with Crippen molar-refractivity contribution in [1.29, 1.82) is 0 Å². The number of likely N-dealkylation sites (tertiary alicyclic amines) is 1. The van der Waals surface area contributed by atoms with Gasteiger partial charge in [0.25, 0.3) is 0 Å². The molecule has 1 fully saturated rings. The maximum atomic E-state index is 12.8. The van der Waals surface area contributed by atoms with Crippen LogP contribution in [0.5, 0.6) is 0 Å². The average Bonchev–Trinajstić information content (AvgIpc) is 3.26. The highest BCUT2D eigenvalue weighted by Crippen LogP contribution is 2.48. The number of pyridine rings is 1. The summed E-state index contributed by atoms with van der Waals surface area (Å²) in [6, 6.07) is 12.9. The Morgan fingerprint density at radius 3 is 2.72 bits per heavy atom. The van der Waals surface area contributed by atoms with E-state index in [2.05, 4.69) is 53.5 Å². The van der Waals surface area contributed by atoms with Gasteiger partial charge in [-0.25, -0.2) is 0 Å². The maximum absolute atomic E-state index is 12.8. The fourth-order valence-electron chi connectivity index (χ4n) is 5.26. The van der Waals surface area contributed by atoms with E-state index in [0.29, 0.717) is 11.9 Å². The lowest BCUT2D eigenvalue weighted by Gasteiger charge is -2.48. The quantitative estimate of drug-likeness (QED) is 0.657. The van der Waals surface area contributed by atoms with Crippen LogP contribution in [0.25, 0.3) is 22.2 Å². The SMILES string of the molecule is CCC(CC)C(=O)N1CC2(CC(C)n3nc(-c4cnc5ccccc5c4)cc32)C1. The number of aromatic nitrogens is 3. The molecule has 0 N–H and O–H groups in total. The number of hydrogen-bond donors (Lipinski definition) is 0. The minimum Gasteiger partial charge on any atom is -0.340 e. The first kappa shape index (κ1) is 18.3. The monoisotopic (exact) mass is 388 g/mol. The van der Waals surface area contributed by atoms with Gasteiger partial charge in [0.1, 0.15) is 0 Å². The second kappa shape index (κ2) is 6.68. The Morgan fingerprint density at radius 1 is 1.21 bits per heavy atom. The number of carbonyl (C=O) groups excluding carboxylic acids is 1. The molecule has 0 radical (unpaired) electrons. The van der Waals surface area contributed by atoms with Crippen LogP contribution < -0.4 is 0 Å². The molecule has 1 unspecified atom stereocenters. The third-order valence-corrected chi connectivity index (χ3v) is 6.90. The maximum Gasteiger partial charge on any atom is 0.225 e. The third kappa shape index (κ3) is 2.78. The van der Waals surface area contributed by atoms with Crippen molar-refractivity contribution in [1.82, 2.24) is 19.7 Å². The van der Waals surface area contributed by atoms with Gasteiger partial charge in [0, 0.05) is 47.3 Å². The van der Waals surface area contributed by atoms with Gasteiger partial charge in [0.2, 0.25) is 5.91 Å². The van der Waals surface area contributed by atoms with Crippen LogP contribution in [0.4, 0.5) is 0 Å². The highest BCUT2D eigenvalue weighted by molar-refractivity contribution is 5.83. The lowest BCUT2D eigenvalue weighted by Crippen LogP contribution is -2.61. The number of para-hydroxylation sites is 1. The van der Waals surface area contributed by atoms with Gasteiger partial charge < -0.3 is 4.90 Å². The van der Waals surface area contributed by atoms with E-state index < -0.39 is 0 Å². The van der Waals surface area contributed by atoms with E-state index in [1.54, 1.807) is 0 Å². The molecule has 5 rings (SSSR count). The third-order valence-electron chi connectivity index (χ3n) is 6.90. The molecule has 4 heterocycles. The first-order chi connectivity index (χ1) is 14.0. The summed E-state index contributed by atoms with van der Waals surface area (Å²) in [5.41, 5.74) is 4.38. The van der Waals surface area contributed by atoms with E-state index in [9.17, 15) is 4.79 Å². The molecule has 3 aromatic rings. The van der Waals surface area contributed by atoms with Crippen molar-refractivity contribution < 1.29 is 4.79 Å². The van der Waals surface area contributed by atoms with Gasteiger partial charge in [-0.3, -0.25) is 14.5 Å². The van der Waals surface area contributed by atoms with Crippen molar-refractivity contribution in [3.8, 4) is 11.3 Å². The second-order valence-corrected chi connectivity index (χ2v) is 8.82. The molecule has 2 aliphatic heterocycles. The summed E-state index contributed by atoms with van der Waals surface area (Å²) in [4.78, 5) is 19.4. The zero-order valence-corrected chi connectivity index (χ0v) is 17.4. The Balaban J connectivity index is 1.44. The van der Waals surface area contributed by atoms with E-state index in [1.165, 1.54) is 5.69 Å². The van der Waals surface area contributed by atoms with E-state index in [1.807, 2.05) is 24.4 Å². The molecule has 5 heteroatoms. The lowest BCUT2D eigenvalue weighted by molar-refractivity contribution is -0.143. The van der Waals surface area contributed by atoms with Gasteiger partial charge in [-0.1, -0.05) is 32.0 Å². The van der Waals surface area contributed by atoms with Crippen molar-refractivity contribution in [3.63, 3.8) is 0 Å². The molecule has 0 aliphatic carbocycles. The molecule has 1 atom stereocenters. The van der Waals surface area contributed by atoms with E-state index in [0.717, 1.165) is 54.5 Å². The average molecular weight is 389 g/mol. The first-order valence-corrected chi connectivity index (χ1v) is 10.8. The summed E-state index contributed by atoms with van der Waals surface area (Å²) in [5.74, 6) is 0.487. The zero-order valence-electron chi connectivity index (χ0n) is 17.4. The smallest absolute Gasteiger partial charge is 0.225 e. The number of benzene rings is 1. The van der Waals surface area contributed by atoms with Gasteiger partial charge >= 0.3 is 0 Å². The zero-order chi connectivity index (χ0) is 20.2. The van der Waals surface area contributed by atoms with Gasteiger partial charge in [0.05, 0.1) is 17.3 Å². The van der Waals surface area contributed by atoms with Crippen LogP contribution >= 0.6 is 0 Å².